The molecule has 0 saturated heterocycles. The lowest BCUT2D eigenvalue weighted by Crippen LogP contribution is -2.43. The number of fused-ring (bicyclic) bond motifs is 1. The Kier molecular flexibility index (Phi) is 7.23. The van der Waals surface area contributed by atoms with E-state index in [4.69, 9.17) is 14.5 Å². The first-order valence-corrected chi connectivity index (χ1v) is 12.6. The summed E-state index contributed by atoms with van der Waals surface area (Å²) in [6, 6.07) is 16.0. The highest BCUT2D eigenvalue weighted by Crippen LogP contribution is 2.30. The number of ether oxygens (including phenoxy) is 2. The summed E-state index contributed by atoms with van der Waals surface area (Å²) in [6.45, 7) is 8.77. The highest BCUT2D eigenvalue weighted by molar-refractivity contribution is 5.62. The second kappa shape index (κ2) is 10.9. The lowest BCUT2D eigenvalue weighted by Gasteiger charge is -2.35. The van der Waals surface area contributed by atoms with Crippen LogP contribution in [0.3, 0.4) is 0 Å². The smallest absolute Gasteiger partial charge is 0.152 e. The molecule has 2 N–H and O–H groups in total. The number of aromatic nitrogens is 4. The highest BCUT2D eigenvalue weighted by Gasteiger charge is 2.25. The normalized spacial score (nSPS) is 13.6. The van der Waals surface area contributed by atoms with Crippen molar-refractivity contribution < 1.29 is 9.47 Å². The van der Waals surface area contributed by atoms with Crippen LogP contribution in [0.5, 0.6) is 11.5 Å². The second-order valence-corrected chi connectivity index (χ2v) is 9.13. The molecule has 1 aliphatic heterocycles. The van der Waals surface area contributed by atoms with Gasteiger partial charge in [-0.05, 0) is 73.5 Å². The van der Waals surface area contributed by atoms with Crippen molar-refractivity contribution in [3.05, 3.63) is 66.2 Å². The van der Waals surface area contributed by atoms with Crippen LogP contribution in [0, 0.1) is 0 Å². The van der Waals surface area contributed by atoms with E-state index in [-0.39, 0.29) is 0 Å². The summed E-state index contributed by atoms with van der Waals surface area (Å²) >= 11 is 0. The van der Waals surface area contributed by atoms with Gasteiger partial charge < -0.3 is 24.3 Å². The molecule has 0 spiro atoms. The number of aromatic amines is 2. The fraction of sp³-hybridized carbons (Fsp3) is 0.357. The van der Waals surface area contributed by atoms with Crippen LogP contribution >= 0.6 is 0 Å². The molecule has 0 amide bonds. The minimum atomic E-state index is 0.365. The van der Waals surface area contributed by atoms with E-state index >= 15 is 0 Å². The third-order valence-electron chi connectivity index (χ3n) is 6.38. The van der Waals surface area contributed by atoms with Gasteiger partial charge in [-0.25, -0.2) is 9.97 Å². The van der Waals surface area contributed by atoms with Crippen LogP contribution in [0.2, 0.25) is 0 Å². The van der Waals surface area contributed by atoms with Crippen LogP contribution in [0.4, 0.5) is 5.82 Å². The van der Waals surface area contributed by atoms with Gasteiger partial charge in [0.2, 0.25) is 0 Å². The zero-order valence-corrected chi connectivity index (χ0v) is 21.3. The molecule has 0 unspecified atom stereocenters. The van der Waals surface area contributed by atoms with Gasteiger partial charge in [0.05, 0.1) is 31.4 Å². The molecular formula is C28H34N6O2. The van der Waals surface area contributed by atoms with Crippen molar-refractivity contribution in [1.29, 1.82) is 0 Å². The Hall–Kier alpha value is -3.78. The minimum Gasteiger partial charge on any atom is -0.497 e. The summed E-state index contributed by atoms with van der Waals surface area (Å²) < 4.78 is 11.2. The molecule has 0 aliphatic carbocycles. The molecule has 0 saturated carbocycles. The summed E-state index contributed by atoms with van der Waals surface area (Å²) in [6.07, 6.45) is 4.08. The number of H-pyrrole nitrogens is 2. The number of methoxy groups -OCH3 is 1. The van der Waals surface area contributed by atoms with Crippen molar-refractivity contribution in [1.82, 2.24) is 24.8 Å². The third kappa shape index (κ3) is 5.23. The van der Waals surface area contributed by atoms with Crippen LogP contribution in [0.15, 0.2) is 54.7 Å². The Morgan fingerprint density at radius 2 is 1.61 bits per heavy atom. The number of benzene rings is 2. The molecule has 0 fully saturated rings. The van der Waals surface area contributed by atoms with Crippen LogP contribution in [-0.2, 0) is 13.2 Å². The van der Waals surface area contributed by atoms with Gasteiger partial charge in [0.15, 0.2) is 5.82 Å². The van der Waals surface area contributed by atoms with Crippen LogP contribution < -0.4 is 14.4 Å². The fourth-order valence-electron chi connectivity index (χ4n) is 4.62. The Morgan fingerprint density at radius 1 is 0.889 bits per heavy atom. The maximum Gasteiger partial charge on any atom is 0.152 e. The molecule has 0 atom stereocenters. The zero-order valence-electron chi connectivity index (χ0n) is 21.3. The van der Waals surface area contributed by atoms with Crippen molar-refractivity contribution in [2.24, 2.45) is 0 Å². The van der Waals surface area contributed by atoms with Gasteiger partial charge in [0.25, 0.3) is 0 Å². The molecule has 0 bridgehead atoms. The van der Waals surface area contributed by atoms with Crippen LogP contribution in [0.25, 0.3) is 22.6 Å². The standard InChI is InChI=1S/C28H34N6O2/c1-4-14-33-17-25-28(34(19-33)15-5-2)32-27(31-25)21-8-12-23(13-9-21)36-18-26-29-16-24(30-26)20-6-10-22(35-3)11-7-20/h6-13,16H,4-5,14-15,17-19H2,1-3H3,(H,29,30)(H,31,32). The molecule has 188 valence electrons. The van der Waals surface area contributed by atoms with Crippen molar-refractivity contribution in [3.63, 3.8) is 0 Å². The topological polar surface area (TPSA) is 82.3 Å². The lowest BCUT2D eigenvalue weighted by molar-refractivity contribution is 0.248. The largest absolute Gasteiger partial charge is 0.497 e. The monoisotopic (exact) mass is 486 g/mol. The summed E-state index contributed by atoms with van der Waals surface area (Å²) in [7, 11) is 1.66. The molecule has 8 heteroatoms. The SMILES string of the molecule is CCCN1Cc2[nH]c(-c3ccc(OCc4ncc(-c5ccc(OC)cc5)[nH]4)cc3)nc2N(CCC)C1. The van der Waals surface area contributed by atoms with Crippen LogP contribution in [-0.4, -0.2) is 51.7 Å². The van der Waals surface area contributed by atoms with Crippen molar-refractivity contribution in [3.8, 4) is 34.1 Å². The molecule has 3 heterocycles. The van der Waals surface area contributed by atoms with Gasteiger partial charge in [-0.1, -0.05) is 13.8 Å². The van der Waals surface area contributed by atoms with Gasteiger partial charge in [-0.3, -0.25) is 4.90 Å². The lowest BCUT2D eigenvalue weighted by atomic mass is 10.2. The van der Waals surface area contributed by atoms with E-state index in [2.05, 4.69) is 50.7 Å². The van der Waals surface area contributed by atoms with Gasteiger partial charge in [0.1, 0.15) is 29.8 Å². The number of nitrogens with one attached hydrogen (secondary N) is 2. The van der Waals surface area contributed by atoms with E-state index in [1.54, 1.807) is 7.11 Å². The molecule has 0 radical (unpaired) electrons. The minimum absolute atomic E-state index is 0.365. The van der Waals surface area contributed by atoms with E-state index in [0.717, 1.165) is 84.9 Å². The van der Waals surface area contributed by atoms with Gasteiger partial charge in [-0.2, -0.15) is 0 Å². The summed E-state index contributed by atoms with van der Waals surface area (Å²) in [4.78, 5) is 21.2. The van der Waals surface area contributed by atoms with Gasteiger partial charge in [0, 0.05) is 18.7 Å². The Labute approximate surface area is 212 Å². The summed E-state index contributed by atoms with van der Waals surface area (Å²) in [5.41, 5.74) is 4.25. The van der Waals surface area contributed by atoms with E-state index in [0.29, 0.717) is 6.61 Å². The number of anilines is 1. The molecule has 8 nitrogen and oxygen atoms in total. The predicted octanol–water partition coefficient (Wildman–Crippen LogP) is 5.45. The first-order valence-electron chi connectivity index (χ1n) is 12.6. The second-order valence-electron chi connectivity index (χ2n) is 9.13. The fourth-order valence-corrected chi connectivity index (χ4v) is 4.62. The van der Waals surface area contributed by atoms with Crippen molar-refractivity contribution in [2.75, 3.05) is 31.8 Å². The number of hydrogen-bond acceptors (Lipinski definition) is 6. The Bertz CT molecular complexity index is 1260. The number of hydrogen-bond donors (Lipinski definition) is 2. The van der Waals surface area contributed by atoms with E-state index < -0.39 is 0 Å². The summed E-state index contributed by atoms with van der Waals surface area (Å²) in [5, 5.41) is 0. The molecule has 36 heavy (non-hydrogen) atoms. The molecule has 2 aromatic carbocycles. The van der Waals surface area contributed by atoms with Gasteiger partial charge in [-0.15, -0.1) is 0 Å². The highest BCUT2D eigenvalue weighted by atomic mass is 16.5. The first kappa shape index (κ1) is 23.9. The molecule has 2 aromatic heterocycles. The molecular weight excluding hydrogens is 452 g/mol. The number of nitrogens with zero attached hydrogens (tertiary/aromatic N) is 4. The number of rotatable bonds is 10. The van der Waals surface area contributed by atoms with Crippen LogP contribution in [0.1, 0.15) is 38.2 Å². The predicted molar refractivity (Wildman–Crippen MR) is 142 cm³/mol. The van der Waals surface area contributed by atoms with Gasteiger partial charge >= 0.3 is 0 Å². The van der Waals surface area contributed by atoms with E-state index in [1.165, 1.54) is 5.69 Å². The first-order chi connectivity index (χ1) is 17.7. The average Bonchev–Trinajstić information content (AvgIpc) is 3.56. The zero-order chi connectivity index (χ0) is 24.9. The Balaban J connectivity index is 1.23. The average molecular weight is 487 g/mol. The maximum atomic E-state index is 5.98. The number of imidazole rings is 2. The summed E-state index contributed by atoms with van der Waals surface area (Å²) in [5.74, 6) is 4.39. The van der Waals surface area contributed by atoms with E-state index in [1.807, 2.05) is 42.6 Å². The molecule has 1 aliphatic rings. The Morgan fingerprint density at radius 3 is 2.33 bits per heavy atom. The molecule has 4 aromatic rings. The maximum absolute atomic E-state index is 5.98. The quantitative estimate of drug-likeness (QED) is 0.310. The van der Waals surface area contributed by atoms with Crippen molar-refractivity contribution >= 4 is 5.82 Å². The van der Waals surface area contributed by atoms with E-state index in [9.17, 15) is 0 Å². The molecule has 5 rings (SSSR count). The van der Waals surface area contributed by atoms with Crippen molar-refractivity contribution in [2.45, 2.75) is 39.8 Å². The third-order valence-corrected chi connectivity index (χ3v) is 6.38.